The molecule has 0 aliphatic heterocycles. The Hall–Kier alpha value is -3.66. The van der Waals surface area contributed by atoms with Crippen LogP contribution in [0.4, 0.5) is 0 Å². The van der Waals surface area contributed by atoms with Crippen molar-refractivity contribution in [1.29, 1.82) is 0 Å². The van der Waals surface area contributed by atoms with E-state index in [0.717, 1.165) is 0 Å². The maximum atomic E-state index is 12.8. The van der Waals surface area contributed by atoms with E-state index in [0.29, 0.717) is 11.4 Å². The number of hydrogen-bond acceptors (Lipinski definition) is 9. The Balaban J connectivity index is 2.97. The number of primary amides is 1. The number of carbonyl (C=O) groups excluding carboxylic acids is 4. The molecule has 0 saturated carbocycles. The summed E-state index contributed by atoms with van der Waals surface area (Å²) in [7, 11) is 0. The standard InChI is InChI=1S/C19H29N7O8S/c1-35-3-2-11(24-16(30)10(20)5-14(21)27)17(31)25-12(6-15(28)29)18(32)26-13(19(33)34)4-9-7-22-8-23-9/h7-8,10-13H,2-6,20H2,1H3,(H2,21,27)(H,22,23)(H,24,30)(H,25,31)(H,26,32)(H,28,29)(H,33,34). The van der Waals surface area contributed by atoms with Crippen molar-refractivity contribution in [2.75, 3.05) is 12.0 Å². The lowest BCUT2D eigenvalue weighted by Gasteiger charge is -2.24. The molecule has 10 N–H and O–H groups in total. The predicted octanol–water partition coefficient (Wildman–Crippen LogP) is -3.08. The summed E-state index contributed by atoms with van der Waals surface area (Å²) in [5, 5.41) is 25.4. The molecule has 35 heavy (non-hydrogen) atoms. The largest absolute Gasteiger partial charge is 0.481 e. The van der Waals surface area contributed by atoms with Gasteiger partial charge in [-0.25, -0.2) is 9.78 Å². The third-order valence-corrected chi connectivity index (χ3v) is 5.25. The monoisotopic (exact) mass is 515 g/mol. The van der Waals surface area contributed by atoms with Crippen molar-refractivity contribution in [3.05, 3.63) is 18.2 Å². The van der Waals surface area contributed by atoms with Crippen molar-refractivity contribution in [2.45, 2.75) is 49.9 Å². The van der Waals surface area contributed by atoms with Gasteiger partial charge in [-0.3, -0.25) is 24.0 Å². The van der Waals surface area contributed by atoms with Gasteiger partial charge in [0, 0.05) is 18.3 Å². The SMILES string of the molecule is CSCCC(NC(=O)C(N)CC(N)=O)C(=O)NC(CC(=O)O)C(=O)NC(Cc1cnc[nH]1)C(=O)O. The molecule has 0 saturated heterocycles. The van der Waals surface area contributed by atoms with E-state index in [4.69, 9.17) is 11.5 Å². The van der Waals surface area contributed by atoms with E-state index in [1.54, 1.807) is 6.26 Å². The second-order valence-corrected chi connectivity index (χ2v) is 8.44. The van der Waals surface area contributed by atoms with Gasteiger partial charge >= 0.3 is 11.9 Å². The van der Waals surface area contributed by atoms with Crippen LogP contribution < -0.4 is 27.4 Å². The molecule has 0 bridgehead atoms. The summed E-state index contributed by atoms with van der Waals surface area (Å²) in [6.07, 6.45) is 3.06. The van der Waals surface area contributed by atoms with Crippen molar-refractivity contribution >= 4 is 47.3 Å². The van der Waals surface area contributed by atoms with Crippen molar-refractivity contribution in [2.24, 2.45) is 11.5 Å². The van der Waals surface area contributed by atoms with Crippen LogP contribution in [0.1, 0.15) is 25.0 Å². The summed E-state index contributed by atoms with van der Waals surface area (Å²) >= 11 is 1.36. The second kappa shape index (κ2) is 14.6. The van der Waals surface area contributed by atoms with Crippen molar-refractivity contribution < 1.29 is 39.0 Å². The summed E-state index contributed by atoms with van der Waals surface area (Å²) in [6, 6.07) is -5.60. The Morgan fingerprint density at radius 1 is 1.00 bits per heavy atom. The molecule has 194 valence electrons. The fourth-order valence-corrected chi connectivity index (χ4v) is 3.31. The number of hydrogen-bond donors (Lipinski definition) is 8. The van der Waals surface area contributed by atoms with Gasteiger partial charge in [0.1, 0.15) is 18.1 Å². The molecule has 0 fully saturated rings. The first kappa shape index (κ1) is 29.4. The zero-order valence-corrected chi connectivity index (χ0v) is 19.7. The number of carbonyl (C=O) groups is 6. The Morgan fingerprint density at radius 2 is 1.60 bits per heavy atom. The summed E-state index contributed by atoms with van der Waals surface area (Å²) in [6.45, 7) is 0. The lowest BCUT2D eigenvalue weighted by Crippen LogP contribution is -2.58. The zero-order valence-electron chi connectivity index (χ0n) is 18.9. The molecule has 4 amide bonds. The molecule has 0 spiro atoms. The number of carboxylic acid groups (broad SMARTS) is 2. The Bertz CT molecular complexity index is 911. The van der Waals surface area contributed by atoms with Gasteiger partial charge in [0.25, 0.3) is 0 Å². The Labute approximate surface area is 204 Å². The van der Waals surface area contributed by atoms with Gasteiger partial charge in [0.2, 0.25) is 23.6 Å². The van der Waals surface area contributed by atoms with Crippen LogP contribution in [-0.2, 0) is 35.2 Å². The average Bonchev–Trinajstić information content (AvgIpc) is 3.27. The molecule has 0 aliphatic carbocycles. The first-order valence-electron chi connectivity index (χ1n) is 10.3. The van der Waals surface area contributed by atoms with Crippen LogP contribution in [-0.4, -0.2) is 91.9 Å². The predicted molar refractivity (Wildman–Crippen MR) is 123 cm³/mol. The number of carboxylic acids is 2. The van der Waals surface area contributed by atoms with Gasteiger partial charge in [-0.15, -0.1) is 0 Å². The molecule has 0 aromatic carbocycles. The van der Waals surface area contributed by atoms with E-state index in [1.807, 2.05) is 0 Å². The minimum absolute atomic E-state index is 0.0982. The Kier molecular flexibility index (Phi) is 12.2. The molecule has 0 radical (unpaired) electrons. The van der Waals surface area contributed by atoms with Crippen LogP contribution in [0.15, 0.2) is 12.5 Å². The third kappa shape index (κ3) is 10.9. The number of nitrogens with two attached hydrogens (primary N) is 2. The summed E-state index contributed by atoms with van der Waals surface area (Å²) in [4.78, 5) is 78.1. The number of amides is 4. The zero-order chi connectivity index (χ0) is 26.5. The highest BCUT2D eigenvalue weighted by atomic mass is 32.2. The van der Waals surface area contributed by atoms with Crippen LogP contribution in [0.3, 0.4) is 0 Å². The van der Waals surface area contributed by atoms with Gasteiger partial charge in [-0.2, -0.15) is 11.8 Å². The molecule has 1 heterocycles. The fourth-order valence-electron chi connectivity index (χ4n) is 2.84. The summed E-state index contributed by atoms with van der Waals surface area (Å²) in [5.74, 6) is -6.01. The topological polar surface area (TPSA) is 260 Å². The van der Waals surface area contributed by atoms with E-state index in [-0.39, 0.29) is 12.8 Å². The molecule has 0 aliphatic rings. The first-order chi connectivity index (χ1) is 16.4. The van der Waals surface area contributed by atoms with Crippen LogP contribution in [0.5, 0.6) is 0 Å². The van der Waals surface area contributed by atoms with Gasteiger partial charge in [0.15, 0.2) is 0 Å². The van der Waals surface area contributed by atoms with Gasteiger partial charge in [-0.1, -0.05) is 0 Å². The number of aromatic amines is 1. The van der Waals surface area contributed by atoms with Gasteiger partial charge < -0.3 is 42.6 Å². The minimum Gasteiger partial charge on any atom is -0.481 e. The molecule has 1 aromatic heterocycles. The average molecular weight is 516 g/mol. The molecule has 4 unspecified atom stereocenters. The number of thioether (sulfide) groups is 1. The van der Waals surface area contributed by atoms with E-state index in [2.05, 4.69) is 25.9 Å². The van der Waals surface area contributed by atoms with E-state index < -0.39 is 72.6 Å². The Morgan fingerprint density at radius 3 is 2.11 bits per heavy atom. The summed E-state index contributed by atoms with van der Waals surface area (Å²) < 4.78 is 0. The second-order valence-electron chi connectivity index (χ2n) is 7.46. The van der Waals surface area contributed by atoms with Crippen LogP contribution in [0.2, 0.25) is 0 Å². The minimum atomic E-state index is -1.64. The molecule has 15 nitrogen and oxygen atoms in total. The fraction of sp³-hybridized carbons (Fsp3) is 0.526. The maximum Gasteiger partial charge on any atom is 0.326 e. The number of rotatable bonds is 16. The van der Waals surface area contributed by atoms with E-state index >= 15 is 0 Å². The number of imidazole rings is 1. The first-order valence-corrected chi connectivity index (χ1v) is 11.7. The highest BCUT2D eigenvalue weighted by molar-refractivity contribution is 7.98. The smallest absolute Gasteiger partial charge is 0.326 e. The molecule has 1 aromatic rings. The number of nitrogens with one attached hydrogen (secondary N) is 4. The third-order valence-electron chi connectivity index (χ3n) is 4.61. The van der Waals surface area contributed by atoms with Gasteiger partial charge in [-0.05, 0) is 18.4 Å². The van der Waals surface area contributed by atoms with Crippen LogP contribution in [0.25, 0.3) is 0 Å². The van der Waals surface area contributed by atoms with Gasteiger partial charge in [0.05, 0.1) is 25.2 Å². The quantitative estimate of drug-likeness (QED) is 0.109. The molecular weight excluding hydrogens is 486 g/mol. The normalized spacial score (nSPS) is 14.1. The lowest BCUT2D eigenvalue weighted by atomic mass is 10.1. The van der Waals surface area contributed by atoms with E-state index in [9.17, 15) is 39.0 Å². The van der Waals surface area contributed by atoms with Crippen molar-refractivity contribution in [1.82, 2.24) is 25.9 Å². The molecule has 1 rings (SSSR count). The number of nitrogens with zero attached hydrogens (tertiary/aromatic N) is 1. The molecular formula is C19H29N7O8S. The van der Waals surface area contributed by atoms with E-state index in [1.165, 1.54) is 24.3 Å². The lowest BCUT2D eigenvalue weighted by molar-refractivity contribution is -0.143. The van der Waals surface area contributed by atoms with Crippen molar-refractivity contribution in [3.8, 4) is 0 Å². The maximum absolute atomic E-state index is 12.8. The highest BCUT2D eigenvalue weighted by Gasteiger charge is 2.32. The van der Waals surface area contributed by atoms with Crippen molar-refractivity contribution in [3.63, 3.8) is 0 Å². The highest BCUT2D eigenvalue weighted by Crippen LogP contribution is 2.05. The number of aromatic nitrogens is 2. The number of aliphatic carboxylic acids is 2. The molecule has 16 heteroatoms. The summed E-state index contributed by atoms with van der Waals surface area (Å²) in [5.41, 5.74) is 11.0. The number of H-pyrrole nitrogens is 1. The van der Waals surface area contributed by atoms with Crippen LogP contribution in [0, 0.1) is 0 Å². The van der Waals surface area contributed by atoms with Crippen LogP contribution >= 0.6 is 11.8 Å². The molecule has 4 atom stereocenters.